The van der Waals surface area contributed by atoms with Crippen molar-refractivity contribution >= 4 is 17.5 Å². The Labute approximate surface area is 193 Å². The average molecular weight is 448 g/mol. The van der Waals surface area contributed by atoms with Crippen molar-refractivity contribution in [1.82, 2.24) is 10.3 Å². The SMILES string of the molecule is CCC(CC)NC(=O)C1CN(C(=O)Cc2nc(-c3ccccc3)oc2C)c2ccccc2O1. The third-order valence-electron chi connectivity index (χ3n) is 5.93. The van der Waals surface area contributed by atoms with E-state index < -0.39 is 6.10 Å². The summed E-state index contributed by atoms with van der Waals surface area (Å²) >= 11 is 0. The topological polar surface area (TPSA) is 84.7 Å². The van der Waals surface area contributed by atoms with Crippen molar-refractivity contribution in [2.45, 2.75) is 52.2 Å². The van der Waals surface area contributed by atoms with Crippen LogP contribution in [0.5, 0.6) is 5.75 Å². The number of amides is 2. The molecule has 0 bridgehead atoms. The molecule has 0 spiro atoms. The molecule has 2 heterocycles. The fourth-order valence-electron chi connectivity index (χ4n) is 3.93. The minimum atomic E-state index is -0.775. The first-order chi connectivity index (χ1) is 16.0. The van der Waals surface area contributed by atoms with Gasteiger partial charge in [0.15, 0.2) is 6.10 Å². The van der Waals surface area contributed by atoms with E-state index in [1.165, 1.54) is 0 Å². The number of anilines is 1. The molecular weight excluding hydrogens is 418 g/mol. The molecule has 172 valence electrons. The van der Waals surface area contributed by atoms with E-state index in [9.17, 15) is 9.59 Å². The van der Waals surface area contributed by atoms with Gasteiger partial charge in [0.25, 0.3) is 5.91 Å². The molecule has 3 aromatic rings. The number of hydrogen-bond donors (Lipinski definition) is 1. The highest BCUT2D eigenvalue weighted by molar-refractivity contribution is 5.98. The van der Waals surface area contributed by atoms with E-state index in [0.29, 0.717) is 28.8 Å². The number of nitrogens with zero attached hydrogens (tertiary/aromatic N) is 2. The van der Waals surface area contributed by atoms with E-state index in [4.69, 9.17) is 9.15 Å². The lowest BCUT2D eigenvalue weighted by Crippen LogP contribution is -2.52. The van der Waals surface area contributed by atoms with Crippen molar-refractivity contribution in [3.8, 4) is 17.2 Å². The number of fused-ring (bicyclic) bond motifs is 1. The zero-order valence-electron chi connectivity index (χ0n) is 19.2. The van der Waals surface area contributed by atoms with Crippen LogP contribution in [0.1, 0.15) is 38.1 Å². The van der Waals surface area contributed by atoms with Crippen molar-refractivity contribution in [1.29, 1.82) is 0 Å². The van der Waals surface area contributed by atoms with Gasteiger partial charge >= 0.3 is 0 Å². The van der Waals surface area contributed by atoms with Gasteiger partial charge in [-0.3, -0.25) is 9.59 Å². The summed E-state index contributed by atoms with van der Waals surface area (Å²) in [4.78, 5) is 32.4. The normalized spacial score (nSPS) is 15.2. The first-order valence-electron chi connectivity index (χ1n) is 11.4. The molecule has 0 fully saturated rings. The summed E-state index contributed by atoms with van der Waals surface area (Å²) in [5.74, 6) is 1.23. The maximum absolute atomic E-state index is 13.4. The molecular formula is C26H29N3O4. The van der Waals surface area contributed by atoms with Gasteiger partial charge in [0.05, 0.1) is 24.3 Å². The van der Waals surface area contributed by atoms with Crippen molar-refractivity contribution in [3.05, 3.63) is 66.1 Å². The molecule has 7 heteroatoms. The van der Waals surface area contributed by atoms with Gasteiger partial charge in [-0.2, -0.15) is 0 Å². The van der Waals surface area contributed by atoms with Crippen molar-refractivity contribution in [2.75, 3.05) is 11.4 Å². The Kier molecular flexibility index (Phi) is 6.77. The van der Waals surface area contributed by atoms with E-state index in [2.05, 4.69) is 10.3 Å². The molecule has 0 aliphatic carbocycles. The number of carbonyl (C=O) groups is 2. The molecule has 2 aromatic carbocycles. The summed E-state index contributed by atoms with van der Waals surface area (Å²) in [6.45, 7) is 6.02. The minimum Gasteiger partial charge on any atom is -0.477 e. The van der Waals surface area contributed by atoms with E-state index in [0.717, 1.165) is 18.4 Å². The van der Waals surface area contributed by atoms with Crippen LogP contribution in [0, 0.1) is 6.92 Å². The van der Waals surface area contributed by atoms with E-state index >= 15 is 0 Å². The lowest BCUT2D eigenvalue weighted by atomic mass is 10.1. The van der Waals surface area contributed by atoms with Gasteiger partial charge in [-0.25, -0.2) is 4.98 Å². The third-order valence-corrected chi connectivity index (χ3v) is 5.93. The van der Waals surface area contributed by atoms with Crippen LogP contribution in [0.25, 0.3) is 11.5 Å². The average Bonchev–Trinajstić information content (AvgIpc) is 3.22. The third kappa shape index (κ3) is 4.92. The predicted molar refractivity (Wildman–Crippen MR) is 126 cm³/mol. The van der Waals surface area contributed by atoms with Crippen molar-refractivity contribution < 1.29 is 18.7 Å². The largest absolute Gasteiger partial charge is 0.477 e. The summed E-state index contributed by atoms with van der Waals surface area (Å²) in [6, 6.07) is 16.9. The van der Waals surface area contributed by atoms with Gasteiger partial charge in [0.2, 0.25) is 11.8 Å². The molecule has 1 unspecified atom stereocenters. The monoisotopic (exact) mass is 447 g/mol. The number of nitrogens with one attached hydrogen (secondary N) is 1. The van der Waals surface area contributed by atoms with E-state index in [1.54, 1.807) is 17.9 Å². The Balaban J connectivity index is 1.55. The molecule has 4 rings (SSSR count). The second-order valence-corrected chi connectivity index (χ2v) is 8.17. The Morgan fingerprint density at radius 2 is 1.79 bits per heavy atom. The second kappa shape index (κ2) is 9.90. The quantitative estimate of drug-likeness (QED) is 0.584. The fourth-order valence-corrected chi connectivity index (χ4v) is 3.93. The lowest BCUT2D eigenvalue weighted by molar-refractivity contribution is -0.129. The van der Waals surface area contributed by atoms with E-state index in [-0.39, 0.29) is 30.8 Å². The first kappa shape index (κ1) is 22.6. The van der Waals surface area contributed by atoms with Gasteiger partial charge < -0.3 is 19.4 Å². The van der Waals surface area contributed by atoms with Gasteiger partial charge in [0, 0.05) is 11.6 Å². The van der Waals surface area contributed by atoms with Crippen molar-refractivity contribution in [3.63, 3.8) is 0 Å². The molecule has 33 heavy (non-hydrogen) atoms. The molecule has 1 aliphatic rings. The highest BCUT2D eigenvalue weighted by Crippen LogP contribution is 2.34. The van der Waals surface area contributed by atoms with Gasteiger partial charge in [0.1, 0.15) is 11.5 Å². The van der Waals surface area contributed by atoms with Gasteiger partial charge in [-0.1, -0.05) is 44.2 Å². The second-order valence-electron chi connectivity index (χ2n) is 8.17. The van der Waals surface area contributed by atoms with E-state index in [1.807, 2.05) is 62.4 Å². The van der Waals surface area contributed by atoms with Crippen molar-refractivity contribution in [2.24, 2.45) is 0 Å². The zero-order valence-corrected chi connectivity index (χ0v) is 19.2. The number of oxazole rings is 1. The van der Waals surface area contributed by atoms with Crippen LogP contribution in [0.2, 0.25) is 0 Å². The summed E-state index contributed by atoms with van der Waals surface area (Å²) in [7, 11) is 0. The smallest absolute Gasteiger partial charge is 0.263 e. The predicted octanol–water partition coefficient (Wildman–Crippen LogP) is 4.29. The number of aryl methyl sites for hydroxylation is 1. The number of rotatable bonds is 7. The van der Waals surface area contributed by atoms with Crippen LogP contribution in [-0.2, 0) is 16.0 Å². The zero-order chi connectivity index (χ0) is 23.4. The summed E-state index contributed by atoms with van der Waals surface area (Å²) in [5.41, 5.74) is 2.09. The number of carbonyl (C=O) groups excluding carboxylic acids is 2. The van der Waals surface area contributed by atoms with Gasteiger partial charge in [-0.05, 0) is 44.0 Å². The standard InChI is InChI=1S/C26H29N3O4/c1-4-19(5-2)27-25(31)23-16-29(21-13-9-10-14-22(21)33-23)24(30)15-20-17(3)32-26(28-20)18-11-7-6-8-12-18/h6-14,19,23H,4-5,15-16H2,1-3H3,(H,27,31). The highest BCUT2D eigenvalue weighted by atomic mass is 16.5. The molecule has 0 saturated carbocycles. The molecule has 0 radical (unpaired) electrons. The van der Waals surface area contributed by atoms with Crippen LogP contribution >= 0.6 is 0 Å². The van der Waals surface area contributed by atoms with Crippen LogP contribution in [0.4, 0.5) is 5.69 Å². The number of benzene rings is 2. The van der Waals surface area contributed by atoms with Crippen LogP contribution in [-0.4, -0.2) is 35.5 Å². The maximum atomic E-state index is 13.4. The highest BCUT2D eigenvalue weighted by Gasteiger charge is 2.34. The number of ether oxygens (including phenoxy) is 1. The van der Waals surface area contributed by atoms with Gasteiger partial charge in [-0.15, -0.1) is 0 Å². The Hall–Kier alpha value is -3.61. The first-order valence-corrected chi connectivity index (χ1v) is 11.4. The maximum Gasteiger partial charge on any atom is 0.263 e. The molecule has 7 nitrogen and oxygen atoms in total. The molecule has 1 aliphatic heterocycles. The summed E-state index contributed by atoms with van der Waals surface area (Å²) in [6.07, 6.45) is 0.965. The number of hydrogen-bond acceptors (Lipinski definition) is 5. The fraction of sp³-hybridized carbons (Fsp3) is 0.346. The molecule has 2 amide bonds. The molecule has 1 atom stereocenters. The molecule has 1 N–H and O–H groups in total. The van der Waals surface area contributed by atoms with Crippen LogP contribution < -0.4 is 15.0 Å². The minimum absolute atomic E-state index is 0.0669. The Morgan fingerprint density at radius 1 is 1.09 bits per heavy atom. The van der Waals surface area contributed by atoms with Crippen LogP contribution in [0.15, 0.2) is 59.0 Å². The number of aromatic nitrogens is 1. The summed E-state index contributed by atoms with van der Waals surface area (Å²) < 4.78 is 11.8. The summed E-state index contributed by atoms with van der Waals surface area (Å²) in [5, 5.41) is 3.03. The van der Waals surface area contributed by atoms with Crippen LogP contribution in [0.3, 0.4) is 0 Å². The Morgan fingerprint density at radius 3 is 2.52 bits per heavy atom. The number of para-hydroxylation sites is 2. The lowest BCUT2D eigenvalue weighted by Gasteiger charge is -2.34. The Bertz CT molecular complexity index is 1120. The molecule has 1 aromatic heterocycles. The molecule has 0 saturated heterocycles.